The summed E-state index contributed by atoms with van der Waals surface area (Å²) in [7, 11) is -3.66. The fourth-order valence-corrected chi connectivity index (χ4v) is 4.46. The van der Waals surface area contributed by atoms with Crippen LogP contribution in [0.5, 0.6) is 0 Å². The van der Waals surface area contributed by atoms with Crippen LogP contribution >= 0.6 is 11.3 Å². The van der Waals surface area contributed by atoms with Crippen LogP contribution in [0, 0.1) is 0 Å². The summed E-state index contributed by atoms with van der Waals surface area (Å²) in [6, 6.07) is 11.2. The van der Waals surface area contributed by atoms with E-state index in [0.717, 1.165) is 44.0 Å². The number of primary sulfonamides is 1. The molecular weight excluding hydrogens is 394 g/mol. The van der Waals surface area contributed by atoms with Gasteiger partial charge in [0, 0.05) is 25.7 Å². The van der Waals surface area contributed by atoms with Crippen molar-refractivity contribution in [1.82, 2.24) is 10.6 Å². The molecule has 0 bridgehead atoms. The number of hydrogen-bond acceptors (Lipinski definition) is 5. The molecule has 0 aliphatic carbocycles. The number of nitrogens with one attached hydrogen (secondary N) is 2. The molecule has 7 nitrogen and oxygen atoms in total. The van der Waals surface area contributed by atoms with Gasteiger partial charge < -0.3 is 15.5 Å². The van der Waals surface area contributed by atoms with Gasteiger partial charge in [-0.15, -0.1) is 11.3 Å². The molecule has 1 fully saturated rings. The Labute approximate surface area is 170 Å². The molecule has 1 saturated heterocycles. The number of rotatable bonds is 6. The quantitative estimate of drug-likeness (QED) is 0.490. The number of guanidine groups is 1. The van der Waals surface area contributed by atoms with E-state index in [1.165, 1.54) is 17.1 Å². The molecule has 152 valence electrons. The topological polar surface area (TPSA) is 99.8 Å². The first kappa shape index (κ1) is 20.6. The molecule has 9 heteroatoms. The number of sulfonamides is 1. The third-order valence-electron chi connectivity index (χ3n) is 4.67. The third-order valence-corrected chi connectivity index (χ3v) is 6.53. The van der Waals surface area contributed by atoms with Crippen molar-refractivity contribution in [3.05, 3.63) is 47.3 Å². The van der Waals surface area contributed by atoms with E-state index in [0.29, 0.717) is 12.6 Å². The number of piperidine rings is 1. The second kappa shape index (κ2) is 9.40. The van der Waals surface area contributed by atoms with Gasteiger partial charge in [-0.05, 0) is 55.0 Å². The Bertz CT molecular complexity index is 872. The number of aliphatic imine (C=N–C) groups is 1. The van der Waals surface area contributed by atoms with Crippen molar-refractivity contribution in [2.75, 3.05) is 24.5 Å². The van der Waals surface area contributed by atoms with Crippen LogP contribution in [0.4, 0.5) is 5.00 Å². The van der Waals surface area contributed by atoms with Crippen LogP contribution in [0.2, 0.25) is 0 Å². The lowest BCUT2D eigenvalue weighted by Gasteiger charge is -2.33. The average molecular weight is 422 g/mol. The first-order valence-corrected chi connectivity index (χ1v) is 11.8. The zero-order valence-electron chi connectivity index (χ0n) is 16.0. The summed E-state index contributed by atoms with van der Waals surface area (Å²) in [6.07, 6.45) is 2.12. The highest BCUT2D eigenvalue weighted by Gasteiger charge is 2.20. The van der Waals surface area contributed by atoms with Gasteiger partial charge in [0.25, 0.3) is 0 Å². The summed E-state index contributed by atoms with van der Waals surface area (Å²) in [5, 5.41) is 15.4. The number of thiophene rings is 1. The second-order valence-electron chi connectivity index (χ2n) is 6.74. The minimum Gasteiger partial charge on any atom is -0.363 e. The van der Waals surface area contributed by atoms with E-state index in [9.17, 15) is 8.42 Å². The van der Waals surface area contributed by atoms with Crippen molar-refractivity contribution in [2.45, 2.75) is 37.2 Å². The van der Waals surface area contributed by atoms with Gasteiger partial charge in [0.15, 0.2) is 5.96 Å². The zero-order valence-corrected chi connectivity index (χ0v) is 17.6. The van der Waals surface area contributed by atoms with E-state index in [1.807, 2.05) is 6.92 Å². The van der Waals surface area contributed by atoms with E-state index < -0.39 is 10.0 Å². The summed E-state index contributed by atoms with van der Waals surface area (Å²) in [5.74, 6) is 0.785. The number of nitrogens with zero attached hydrogens (tertiary/aromatic N) is 2. The maximum Gasteiger partial charge on any atom is 0.238 e. The molecule has 0 spiro atoms. The van der Waals surface area contributed by atoms with Gasteiger partial charge in [0.05, 0.1) is 16.4 Å². The van der Waals surface area contributed by atoms with Crippen LogP contribution in [0.15, 0.2) is 51.7 Å². The molecule has 0 unspecified atom stereocenters. The molecule has 1 aromatic heterocycles. The largest absolute Gasteiger partial charge is 0.363 e. The van der Waals surface area contributed by atoms with Gasteiger partial charge in [-0.1, -0.05) is 12.1 Å². The summed E-state index contributed by atoms with van der Waals surface area (Å²) in [6.45, 7) is 5.36. The van der Waals surface area contributed by atoms with E-state index in [-0.39, 0.29) is 4.90 Å². The number of anilines is 1. The van der Waals surface area contributed by atoms with Gasteiger partial charge in [-0.2, -0.15) is 0 Å². The van der Waals surface area contributed by atoms with Gasteiger partial charge in [0.2, 0.25) is 10.0 Å². The Kier molecular flexibility index (Phi) is 6.93. The fraction of sp³-hybridized carbons (Fsp3) is 0.421. The van der Waals surface area contributed by atoms with Crippen molar-refractivity contribution in [3.8, 4) is 0 Å². The molecule has 0 atom stereocenters. The Morgan fingerprint density at radius 3 is 2.54 bits per heavy atom. The monoisotopic (exact) mass is 421 g/mol. The van der Waals surface area contributed by atoms with E-state index in [2.05, 4.69) is 38.0 Å². The average Bonchev–Trinajstić information content (AvgIpc) is 3.21. The summed E-state index contributed by atoms with van der Waals surface area (Å²) in [5.41, 5.74) is 0.928. The smallest absolute Gasteiger partial charge is 0.238 e. The van der Waals surface area contributed by atoms with E-state index in [4.69, 9.17) is 5.14 Å². The number of hydrogen-bond donors (Lipinski definition) is 3. The van der Waals surface area contributed by atoms with Crippen LogP contribution in [-0.2, 0) is 16.6 Å². The molecule has 3 rings (SSSR count). The molecular formula is C19H27N5O2S2. The normalized spacial score (nSPS) is 16.2. The summed E-state index contributed by atoms with van der Waals surface area (Å²) < 4.78 is 22.7. The maximum absolute atomic E-state index is 11.3. The third kappa shape index (κ3) is 5.70. The Balaban J connectivity index is 1.56. The molecule has 2 heterocycles. The van der Waals surface area contributed by atoms with Crippen molar-refractivity contribution < 1.29 is 8.42 Å². The SMILES string of the molecule is CCNC(=NCc1ccc(S(N)(=O)=O)cc1)NC1CCN(c2cccs2)CC1. The predicted molar refractivity (Wildman–Crippen MR) is 115 cm³/mol. The molecule has 1 aliphatic heterocycles. The van der Waals surface area contributed by atoms with Crippen molar-refractivity contribution in [1.29, 1.82) is 0 Å². The minimum absolute atomic E-state index is 0.114. The molecule has 0 saturated carbocycles. The minimum atomic E-state index is -3.66. The van der Waals surface area contributed by atoms with Crippen molar-refractivity contribution in [2.24, 2.45) is 10.1 Å². The molecule has 0 amide bonds. The van der Waals surface area contributed by atoms with Crippen LogP contribution in [-0.4, -0.2) is 40.1 Å². The highest BCUT2D eigenvalue weighted by atomic mass is 32.2. The molecule has 1 aliphatic rings. The van der Waals surface area contributed by atoms with E-state index in [1.54, 1.807) is 23.5 Å². The highest BCUT2D eigenvalue weighted by molar-refractivity contribution is 7.89. The van der Waals surface area contributed by atoms with Gasteiger partial charge >= 0.3 is 0 Å². The Morgan fingerprint density at radius 1 is 1.25 bits per heavy atom. The van der Waals surface area contributed by atoms with Crippen molar-refractivity contribution in [3.63, 3.8) is 0 Å². The van der Waals surface area contributed by atoms with E-state index >= 15 is 0 Å². The summed E-state index contributed by atoms with van der Waals surface area (Å²) in [4.78, 5) is 7.18. The Hall–Kier alpha value is -2.10. The van der Waals surface area contributed by atoms with Gasteiger partial charge in [-0.25, -0.2) is 18.5 Å². The number of benzene rings is 1. The highest BCUT2D eigenvalue weighted by Crippen LogP contribution is 2.24. The summed E-state index contributed by atoms with van der Waals surface area (Å²) >= 11 is 1.78. The van der Waals surface area contributed by atoms with Crippen LogP contribution < -0.4 is 20.7 Å². The molecule has 2 aromatic rings. The van der Waals surface area contributed by atoms with Gasteiger partial charge in [-0.3, -0.25) is 0 Å². The van der Waals surface area contributed by atoms with Gasteiger partial charge in [0.1, 0.15) is 0 Å². The molecule has 1 aromatic carbocycles. The van der Waals surface area contributed by atoms with Crippen molar-refractivity contribution >= 4 is 32.3 Å². The van der Waals surface area contributed by atoms with Crippen LogP contribution in [0.25, 0.3) is 0 Å². The zero-order chi connectivity index (χ0) is 20.0. The first-order chi connectivity index (χ1) is 13.5. The molecule has 4 N–H and O–H groups in total. The fourth-order valence-electron chi connectivity index (χ4n) is 3.16. The molecule has 28 heavy (non-hydrogen) atoms. The maximum atomic E-state index is 11.3. The predicted octanol–water partition coefficient (Wildman–Crippen LogP) is 2.12. The lowest BCUT2D eigenvalue weighted by molar-refractivity contribution is 0.463. The second-order valence-corrected chi connectivity index (χ2v) is 9.23. The number of nitrogens with two attached hydrogens (primary N) is 1. The standard InChI is InChI=1S/C19H27N5O2S2/c1-2-21-19(22-14-15-5-7-17(8-6-15)28(20,25)26)23-16-9-11-24(12-10-16)18-4-3-13-27-18/h3-8,13,16H,2,9-12,14H2,1H3,(H2,20,25,26)(H2,21,22,23). The molecule has 0 radical (unpaired) electrons. The Morgan fingerprint density at radius 2 is 1.96 bits per heavy atom. The lowest BCUT2D eigenvalue weighted by atomic mass is 10.1. The lowest BCUT2D eigenvalue weighted by Crippen LogP contribution is -2.48. The van der Waals surface area contributed by atoms with Crippen LogP contribution in [0.3, 0.4) is 0 Å². The first-order valence-electron chi connectivity index (χ1n) is 9.40. The van der Waals surface area contributed by atoms with Crippen LogP contribution in [0.1, 0.15) is 25.3 Å².